The Labute approximate surface area is 248 Å². The molecule has 3 rings (SSSR count). The normalized spacial score (nSPS) is 11.9. The molecule has 0 aliphatic carbocycles. The lowest BCUT2D eigenvalue weighted by atomic mass is 10.1. The number of nitrogens with one attached hydrogen (secondary N) is 1. The highest BCUT2D eigenvalue weighted by Gasteiger charge is 2.33. The van der Waals surface area contributed by atoms with E-state index < -0.39 is 28.5 Å². The number of hydrogen-bond acceptors (Lipinski definition) is 6. The van der Waals surface area contributed by atoms with Crippen LogP contribution in [0.4, 0.5) is 5.69 Å². The molecular formula is C31H39N3O5S2. The van der Waals surface area contributed by atoms with Gasteiger partial charge < -0.3 is 15.0 Å². The van der Waals surface area contributed by atoms with Crippen molar-refractivity contribution in [1.82, 2.24) is 10.2 Å². The van der Waals surface area contributed by atoms with E-state index >= 15 is 0 Å². The maximum atomic E-state index is 14.1. The average Bonchev–Trinajstić information content (AvgIpc) is 2.99. The number of thioether (sulfide) groups is 1. The van der Waals surface area contributed by atoms with Crippen molar-refractivity contribution in [3.63, 3.8) is 0 Å². The molecule has 0 saturated heterocycles. The molecule has 220 valence electrons. The second kappa shape index (κ2) is 15.5. The Morgan fingerprint density at radius 1 is 0.951 bits per heavy atom. The van der Waals surface area contributed by atoms with Crippen LogP contribution in [0.5, 0.6) is 5.75 Å². The molecule has 0 spiro atoms. The van der Waals surface area contributed by atoms with E-state index in [2.05, 4.69) is 5.32 Å². The molecule has 2 amide bonds. The zero-order valence-electron chi connectivity index (χ0n) is 24.1. The summed E-state index contributed by atoms with van der Waals surface area (Å²) in [6.07, 6.45) is 3.18. The molecule has 3 aromatic rings. The van der Waals surface area contributed by atoms with Crippen LogP contribution < -0.4 is 14.4 Å². The predicted octanol–water partition coefficient (Wildman–Crippen LogP) is 4.99. The zero-order chi connectivity index (χ0) is 29.8. The van der Waals surface area contributed by atoms with Crippen LogP contribution in [-0.2, 0) is 26.0 Å². The zero-order valence-corrected chi connectivity index (χ0v) is 25.7. The number of sulfonamides is 1. The van der Waals surface area contributed by atoms with Crippen LogP contribution in [0.1, 0.15) is 32.8 Å². The van der Waals surface area contributed by atoms with Crippen molar-refractivity contribution in [3.8, 4) is 5.75 Å². The fourth-order valence-electron chi connectivity index (χ4n) is 4.30. The fourth-order valence-corrected chi connectivity index (χ4v) is 6.13. The molecule has 0 aliphatic heterocycles. The first kappa shape index (κ1) is 32.0. The summed E-state index contributed by atoms with van der Waals surface area (Å²) in [5, 5.41) is 2.86. The van der Waals surface area contributed by atoms with Gasteiger partial charge in [-0.05, 0) is 74.9 Å². The van der Waals surface area contributed by atoms with Gasteiger partial charge in [0.1, 0.15) is 18.3 Å². The van der Waals surface area contributed by atoms with E-state index in [0.29, 0.717) is 25.3 Å². The van der Waals surface area contributed by atoms with Gasteiger partial charge in [0, 0.05) is 18.0 Å². The molecule has 3 aromatic carbocycles. The number of carbonyl (C=O) groups is 2. The van der Waals surface area contributed by atoms with E-state index in [0.717, 1.165) is 21.2 Å². The van der Waals surface area contributed by atoms with Gasteiger partial charge in [0.25, 0.3) is 10.0 Å². The SMILES string of the molecule is CCCNC(=O)[C@@H](C)N(CCc1ccccc1)C(=O)CN(c1ccccc1OCC)S(=O)(=O)c1ccc(SC)cc1. The van der Waals surface area contributed by atoms with Crippen molar-refractivity contribution >= 4 is 39.3 Å². The Balaban J connectivity index is 2.02. The number of ether oxygens (including phenoxy) is 1. The van der Waals surface area contributed by atoms with Crippen molar-refractivity contribution in [2.75, 3.05) is 36.8 Å². The number of benzene rings is 3. The van der Waals surface area contributed by atoms with Crippen molar-refractivity contribution in [3.05, 3.63) is 84.4 Å². The van der Waals surface area contributed by atoms with Gasteiger partial charge in [0.2, 0.25) is 11.8 Å². The number of hydrogen-bond donors (Lipinski definition) is 1. The molecule has 41 heavy (non-hydrogen) atoms. The van der Waals surface area contributed by atoms with Gasteiger partial charge in [-0.25, -0.2) is 8.42 Å². The van der Waals surface area contributed by atoms with Crippen molar-refractivity contribution in [2.45, 2.75) is 49.4 Å². The van der Waals surface area contributed by atoms with Crippen molar-refractivity contribution in [2.24, 2.45) is 0 Å². The third kappa shape index (κ3) is 8.50. The molecule has 10 heteroatoms. The average molecular weight is 598 g/mol. The maximum Gasteiger partial charge on any atom is 0.264 e. The standard InChI is InChI=1S/C31H39N3O5S2/c1-5-21-32-31(36)24(3)33(22-20-25-12-8-7-9-13-25)30(35)23-34(28-14-10-11-15-29(28)39-6-2)41(37,38)27-18-16-26(40-4)17-19-27/h7-19,24H,5-6,20-23H2,1-4H3,(H,32,36)/t24-/m1/s1. The Kier molecular flexibility index (Phi) is 12.1. The van der Waals surface area contributed by atoms with Gasteiger partial charge in [-0.2, -0.15) is 0 Å². The molecule has 0 heterocycles. The first-order valence-electron chi connectivity index (χ1n) is 13.7. The Bertz CT molecular complexity index is 1380. The summed E-state index contributed by atoms with van der Waals surface area (Å²) < 4.78 is 35.0. The molecule has 8 nitrogen and oxygen atoms in total. The maximum absolute atomic E-state index is 14.1. The Hall–Kier alpha value is -3.50. The van der Waals surface area contributed by atoms with Crippen LogP contribution in [0.25, 0.3) is 0 Å². The number of rotatable bonds is 15. The van der Waals surface area contributed by atoms with E-state index in [4.69, 9.17) is 4.74 Å². The van der Waals surface area contributed by atoms with Gasteiger partial charge in [-0.3, -0.25) is 13.9 Å². The minimum atomic E-state index is -4.18. The third-order valence-electron chi connectivity index (χ3n) is 6.56. The summed E-state index contributed by atoms with van der Waals surface area (Å²) in [6, 6.07) is 22.2. The second-order valence-corrected chi connectivity index (χ2v) is 12.1. The highest BCUT2D eigenvalue weighted by molar-refractivity contribution is 7.98. The van der Waals surface area contributed by atoms with Crippen LogP contribution in [0.3, 0.4) is 0 Å². The smallest absolute Gasteiger partial charge is 0.264 e. The minimum Gasteiger partial charge on any atom is -0.492 e. The van der Waals surface area contributed by atoms with Gasteiger partial charge in [-0.15, -0.1) is 11.8 Å². The first-order chi connectivity index (χ1) is 19.7. The van der Waals surface area contributed by atoms with E-state index in [1.54, 1.807) is 43.3 Å². The number of carbonyl (C=O) groups excluding carboxylic acids is 2. The monoisotopic (exact) mass is 597 g/mol. The van der Waals surface area contributed by atoms with Crippen molar-refractivity contribution < 1.29 is 22.7 Å². The van der Waals surface area contributed by atoms with E-state index in [1.165, 1.54) is 28.8 Å². The topological polar surface area (TPSA) is 96.0 Å². The minimum absolute atomic E-state index is 0.0546. The molecule has 0 radical (unpaired) electrons. The molecular weight excluding hydrogens is 558 g/mol. The molecule has 0 aliphatic rings. The lowest BCUT2D eigenvalue weighted by Crippen LogP contribution is -2.52. The number of amides is 2. The van der Waals surface area contributed by atoms with Crippen LogP contribution in [0.15, 0.2) is 88.7 Å². The molecule has 0 aromatic heterocycles. The Morgan fingerprint density at radius 2 is 1.61 bits per heavy atom. The number of nitrogens with zero attached hydrogens (tertiary/aromatic N) is 2. The summed E-state index contributed by atoms with van der Waals surface area (Å²) in [4.78, 5) is 29.4. The van der Waals surface area contributed by atoms with E-state index in [-0.39, 0.29) is 23.0 Å². The first-order valence-corrected chi connectivity index (χ1v) is 16.4. The fraction of sp³-hybridized carbons (Fsp3) is 0.355. The Morgan fingerprint density at radius 3 is 2.24 bits per heavy atom. The predicted molar refractivity (Wildman–Crippen MR) is 165 cm³/mol. The quantitative estimate of drug-likeness (QED) is 0.248. The van der Waals surface area contributed by atoms with Crippen LogP contribution in [-0.4, -0.2) is 63.7 Å². The van der Waals surface area contributed by atoms with Crippen LogP contribution in [0, 0.1) is 0 Å². The summed E-state index contributed by atoms with van der Waals surface area (Å²) in [5.41, 5.74) is 1.26. The van der Waals surface area contributed by atoms with Gasteiger partial charge >= 0.3 is 0 Å². The van der Waals surface area contributed by atoms with E-state index in [9.17, 15) is 18.0 Å². The molecule has 1 N–H and O–H groups in total. The highest BCUT2D eigenvalue weighted by atomic mass is 32.2. The lowest BCUT2D eigenvalue weighted by Gasteiger charge is -2.32. The summed E-state index contributed by atoms with van der Waals surface area (Å²) in [5.74, 6) is -0.433. The van der Waals surface area contributed by atoms with Crippen molar-refractivity contribution in [1.29, 1.82) is 0 Å². The molecule has 0 unspecified atom stereocenters. The third-order valence-corrected chi connectivity index (χ3v) is 9.08. The molecule has 1 atom stereocenters. The second-order valence-electron chi connectivity index (χ2n) is 9.38. The van der Waals surface area contributed by atoms with E-state index in [1.807, 2.05) is 50.4 Å². The van der Waals surface area contributed by atoms with Crippen LogP contribution >= 0.6 is 11.8 Å². The summed E-state index contributed by atoms with van der Waals surface area (Å²) in [6.45, 7) is 5.97. The van der Waals surface area contributed by atoms with Crippen LogP contribution in [0.2, 0.25) is 0 Å². The van der Waals surface area contributed by atoms with Gasteiger partial charge in [-0.1, -0.05) is 49.4 Å². The molecule has 0 saturated carbocycles. The van der Waals surface area contributed by atoms with Gasteiger partial charge in [0.05, 0.1) is 17.2 Å². The molecule has 0 bridgehead atoms. The number of anilines is 1. The van der Waals surface area contributed by atoms with Gasteiger partial charge in [0.15, 0.2) is 0 Å². The summed E-state index contributed by atoms with van der Waals surface area (Å²) in [7, 11) is -4.18. The summed E-state index contributed by atoms with van der Waals surface area (Å²) >= 11 is 1.50. The largest absolute Gasteiger partial charge is 0.492 e. The highest BCUT2D eigenvalue weighted by Crippen LogP contribution is 2.33. The molecule has 0 fully saturated rings. The number of para-hydroxylation sites is 2. The lowest BCUT2D eigenvalue weighted by molar-refractivity contribution is -0.138.